The van der Waals surface area contributed by atoms with Crippen LogP contribution in [0.3, 0.4) is 0 Å². The number of carboxylic acids is 3. The second-order valence-corrected chi connectivity index (χ2v) is 15.3. The van der Waals surface area contributed by atoms with Gasteiger partial charge in [0.05, 0.1) is 13.1 Å². The molecule has 1 fully saturated rings. The van der Waals surface area contributed by atoms with Gasteiger partial charge in [-0.2, -0.15) is 9.97 Å². The van der Waals surface area contributed by atoms with Gasteiger partial charge in [-0.25, -0.2) is 4.98 Å². The third-order valence-corrected chi connectivity index (χ3v) is 10.6. The highest BCUT2D eigenvalue weighted by Crippen LogP contribution is 2.26. The number of aromatic nitrogens is 3. The number of nitrogens with one attached hydrogen (secondary N) is 4. The van der Waals surface area contributed by atoms with Crippen LogP contribution in [0.15, 0.2) is 54.9 Å². The van der Waals surface area contributed by atoms with Gasteiger partial charge in [0.2, 0.25) is 17.8 Å². The van der Waals surface area contributed by atoms with Gasteiger partial charge in [-0.1, -0.05) is 55.0 Å². The monoisotopic (exact) mass is 878 g/mol. The maximum Gasteiger partial charge on any atom is 0.321 e. The zero-order chi connectivity index (χ0) is 45.4. The fraction of sp³-hybridized carbons (Fsp3) is 0.535. The molecule has 2 unspecified atom stereocenters. The molecule has 2 heterocycles. The van der Waals surface area contributed by atoms with Crippen molar-refractivity contribution in [1.82, 2.24) is 45.6 Å². The van der Waals surface area contributed by atoms with E-state index in [-0.39, 0.29) is 76.3 Å². The van der Waals surface area contributed by atoms with Gasteiger partial charge in [-0.05, 0) is 61.4 Å². The molecule has 4 rings (SSSR count). The summed E-state index contributed by atoms with van der Waals surface area (Å²) in [7, 11) is 0. The van der Waals surface area contributed by atoms with Crippen molar-refractivity contribution in [2.75, 3.05) is 83.9 Å². The molecule has 1 aromatic heterocycles. The average molecular weight is 879 g/mol. The fourth-order valence-corrected chi connectivity index (χ4v) is 7.09. The Hall–Kier alpha value is -5.80. The average Bonchev–Trinajstić information content (AvgIpc) is 3.34. The van der Waals surface area contributed by atoms with Crippen molar-refractivity contribution >= 4 is 35.7 Å². The highest BCUT2D eigenvalue weighted by atomic mass is 16.5. The maximum absolute atomic E-state index is 12.6. The molecule has 8 N–H and O–H groups in total. The van der Waals surface area contributed by atoms with E-state index < -0.39 is 30.2 Å². The first-order chi connectivity index (χ1) is 30.4. The first-order valence-corrected chi connectivity index (χ1v) is 21.4. The third-order valence-electron chi connectivity index (χ3n) is 10.6. The summed E-state index contributed by atoms with van der Waals surface area (Å²) >= 11 is 0. The predicted molar refractivity (Wildman–Crippen MR) is 233 cm³/mol. The molecule has 0 saturated carbocycles. The Morgan fingerprint density at radius 3 is 2.03 bits per heavy atom. The summed E-state index contributed by atoms with van der Waals surface area (Å²) in [4.78, 5) is 77.4. The normalized spacial score (nSPS) is 15.0. The van der Waals surface area contributed by atoms with Gasteiger partial charge in [0.15, 0.2) is 0 Å². The van der Waals surface area contributed by atoms with Crippen molar-refractivity contribution in [3.05, 3.63) is 66.0 Å². The molecule has 63 heavy (non-hydrogen) atoms. The quantitative estimate of drug-likeness (QED) is 0.0395. The summed E-state index contributed by atoms with van der Waals surface area (Å²) in [6.45, 7) is 5.21. The molecule has 3 aromatic rings. The second kappa shape index (κ2) is 27.3. The lowest BCUT2D eigenvalue weighted by molar-refractivity contribution is -0.144. The Labute approximate surface area is 367 Å². The van der Waals surface area contributed by atoms with Crippen molar-refractivity contribution in [3.63, 3.8) is 0 Å². The van der Waals surface area contributed by atoms with Crippen LogP contribution in [-0.4, -0.2) is 171 Å². The van der Waals surface area contributed by atoms with Crippen molar-refractivity contribution in [2.24, 2.45) is 0 Å². The Morgan fingerprint density at radius 1 is 0.730 bits per heavy atom. The molecule has 344 valence electrons. The van der Waals surface area contributed by atoms with E-state index in [9.17, 15) is 44.4 Å². The molecule has 1 aliphatic rings. The number of hydrogen-bond donors (Lipinski definition) is 8. The van der Waals surface area contributed by atoms with Gasteiger partial charge >= 0.3 is 23.9 Å². The van der Waals surface area contributed by atoms with Gasteiger partial charge in [-0.3, -0.25) is 44.0 Å². The topological polar surface area (TPSA) is 272 Å². The lowest BCUT2D eigenvalue weighted by atomic mass is 9.97. The van der Waals surface area contributed by atoms with Gasteiger partial charge in [0, 0.05) is 71.7 Å². The zero-order valence-electron chi connectivity index (χ0n) is 35.9. The number of aliphatic hydroxyl groups is 1. The van der Waals surface area contributed by atoms with E-state index in [1.54, 1.807) is 14.7 Å². The smallest absolute Gasteiger partial charge is 0.321 e. The number of aliphatic carboxylic acids is 3. The lowest BCUT2D eigenvalue weighted by Gasteiger charge is -2.30. The molecule has 2 aromatic carbocycles. The molecule has 1 aliphatic heterocycles. The number of carbonyl (C=O) groups excluding carboxylic acids is 2. The Morgan fingerprint density at radius 2 is 1.37 bits per heavy atom. The molecule has 0 radical (unpaired) electrons. The minimum atomic E-state index is -1.11. The minimum Gasteiger partial charge on any atom is -0.480 e. The molecule has 0 spiro atoms. The van der Waals surface area contributed by atoms with Crippen LogP contribution in [0, 0.1) is 6.92 Å². The number of nitrogens with zero attached hydrogens (tertiary/aromatic N) is 6. The van der Waals surface area contributed by atoms with Crippen molar-refractivity contribution < 1.29 is 49.1 Å². The lowest BCUT2D eigenvalue weighted by Crippen LogP contribution is -2.47. The Bertz CT molecular complexity index is 1880. The van der Waals surface area contributed by atoms with Gasteiger partial charge in [0.25, 0.3) is 0 Å². The van der Waals surface area contributed by atoms with E-state index in [0.29, 0.717) is 64.7 Å². The fourth-order valence-electron chi connectivity index (χ4n) is 7.09. The van der Waals surface area contributed by atoms with Gasteiger partial charge in [-0.15, -0.1) is 0 Å². The third kappa shape index (κ3) is 19.0. The van der Waals surface area contributed by atoms with E-state index in [4.69, 9.17) is 4.74 Å². The molecule has 0 bridgehead atoms. The molecule has 0 aliphatic carbocycles. The summed E-state index contributed by atoms with van der Waals surface area (Å²) in [5.74, 6) is -3.35. The number of aliphatic hydroxyl groups excluding tert-OH is 1. The van der Waals surface area contributed by atoms with Crippen LogP contribution < -0.4 is 26.0 Å². The standard InChI is InChI=1S/C43H62N10O10/c1-31-33(11-8-12-34(31)32-9-4-2-5-10-32)29-63-43-49-30-48-42(50-43)47-20-19-46-38(56)16-15-37(55)45-18-7-3-6-17-44-36(54)14-13-35(41(61)62)53-25-23-51(27-39(57)58)21-22-52(24-26-53)28-40(59)60/h2,4-5,8-12,30,35,37,45,55H,3,6-7,13-29H2,1H3,(H,44,54)(H,46,56)(H,57,58)(H,59,60)(H,61,62)(H,47,48,49,50). The van der Waals surface area contributed by atoms with Crippen LogP contribution in [0.5, 0.6) is 6.01 Å². The van der Waals surface area contributed by atoms with E-state index in [0.717, 1.165) is 35.1 Å². The van der Waals surface area contributed by atoms with Gasteiger partial charge in [0.1, 0.15) is 25.2 Å². The largest absolute Gasteiger partial charge is 0.480 e. The van der Waals surface area contributed by atoms with Crippen LogP contribution >= 0.6 is 0 Å². The van der Waals surface area contributed by atoms with Gasteiger partial charge < -0.3 is 41.1 Å². The number of unbranched alkanes of at least 4 members (excludes halogenated alkanes) is 2. The summed E-state index contributed by atoms with van der Waals surface area (Å²) in [6.07, 6.45) is 3.03. The summed E-state index contributed by atoms with van der Waals surface area (Å²) in [6, 6.07) is 15.4. The number of carboxylic acid groups (broad SMARTS) is 3. The van der Waals surface area contributed by atoms with Crippen LogP contribution in [-0.2, 0) is 30.6 Å². The second-order valence-electron chi connectivity index (χ2n) is 15.3. The van der Waals surface area contributed by atoms with E-state index in [1.807, 2.05) is 30.3 Å². The Balaban J connectivity index is 1.03. The number of ether oxygens (including phenoxy) is 1. The highest BCUT2D eigenvalue weighted by Gasteiger charge is 2.29. The number of carbonyl (C=O) groups is 5. The van der Waals surface area contributed by atoms with E-state index in [1.165, 1.54) is 6.33 Å². The van der Waals surface area contributed by atoms with Crippen molar-refractivity contribution in [3.8, 4) is 17.1 Å². The number of hydrogen-bond acceptors (Lipinski definition) is 15. The van der Waals surface area contributed by atoms with Crippen molar-refractivity contribution in [1.29, 1.82) is 0 Å². The SMILES string of the molecule is Cc1c(COc2ncnc(NCCNC(=O)CCC(O)NCCCCCNC(=O)CCC(C(=O)O)N3CCN(CC(=O)O)CCN(CC(=O)O)CC3)n2)cccc1-c1ccccc1. The molecule has 1 saturated heterocycles. The van der Waals surface area contributed by atoms with Crippen LogP contribution in [0.25, 0.3) is 11.1 Å². The Kier molecular flexibility index (Phi) is 21.6. The van der Waals surface area contributed by atoms with E-state index in [2.05, 4.69) is 61.3 Å². The summed E-state index contributed by atoms with van der Waals surface area (Å²) in [5.41, 5.74) is 4.38. The van der Waals surface area contributed by atoms with Crippen molar-refractivity contribution in [2.45, 2.75) is 70.7 Å². The molecular weight excluding hydrogens is 817 g/mol. The molecule has 20 heteroatoms. The van der Waals surface area contributed by atoms with Crippen LogP contribution in [0.1, 0.15) is 56.1 Å². The first kappa shape index (κ1) is 49.9. The summed E-state index contributed by atoms with van der Waals surface area (Å²) < 4.78 is 5.87. The van der Waals surface area contributed by atoms with E-state index >= 15 is 0 Å². The predicted octanol–water partition coefficient (Wildman–Crippen LogP) is 1.25. The molecule has 2 amide bonds. The molecule has 20 nitrogen and oxygen atoms in total. The number of amides is 2. The number of anilines is 1. The van der Waals surface area contributed by atoms with Crippen LogP contribution in [0.4, 0.5) is 5.95 Å². The molecular formula is C43H62N10O10. The highest BCUT2D eigenvalue weighted by molar-refractivity contribution is 5.78. The number of benzene rings is 2. The zero-order valence-corrected chi connectivity index (χ0v) is 35.9. The minimum absolute atomic E-state index is 0.0230. The number of rotatable bonds is 27. The maximum atomic E-state index is 12.6. The summed E-state index contributed by atoms with van der Waals surface area (Å²) in [5, 5.41) is 50.5. The first-order valence-electron chi connectivity index (χ1n) is 21.4. The van der Waals surface area contributed by atoms with Crippen LogP contribution in [0.2, 0.25) is 0 Å². The molecule has 2 atom stereocenters.